The summed E-state index contributed by atoms with van der Waals surface area (Å²) in [7, 11) is 0. The molecule has 2 rings (SSSR count). The zero-order valence-corrected chi connectivity index (χ0v) is 18.3. The van der Waals surface area contributed by atoms with Gasteiger partial charge in [-0.3, -0.25) is 14.6 Å². The van der Waals surface area contributed by atoms with Gasteiger partial charge in [-0.15, -0.1) is 24.0 Å². The van der Waals surface area contributed by atoms with Crippen molar-refractivity contribution in [1.82, 2.24) is 15.5 Å². The lowest BCUT2D eigenvalue weighted by Gasteiger charge is -2.34. The Morgan fingerprint density at radius 3 is 2.65 bits per heavy atom. The summed E-state index contributed by atoms with van der Waals surface area (Å²) in [6.07, 6.45) is 5.32. The third-order valence-electron chi connectivity index (χ3n) is 4.44. The first-order valence-electron chi connectivity index (χ1n) is 9.63. The van der Waals surface area contributed by atoms with Gasteiger partial charge in [0.25, 0.3) is 0 Å². The molecular formula is C18H33IN4O3. The zero-order valence-electron chi connectivity index (χ0n) is 16.0. The Morgan fingerprint density at radius 1 is 1.23 bits per heavy atom. The number of ether oxygens (including phenoxy) is 1. The van der Waals surface area contributed by atoms with Gasteiger partial charge in [0.05, 0.1) is 12.5 Å². The number of nitrogens with one attached hydrogen (secondary N) is 2. The maximum absolute atomic E-state index is 12.0. The smallest absolute Gasteiger partial charge is 0.310 e. The van der Waals surface area contributed by atoms with Crippen LogP contribution in [0.3, 0.4) is 0 Å². The molecule has 0 radical (unpaired) electrons. The summed E-state index contributed by atoms with van der Waals surface area (Å²) >= 11 is 0. The molecule has 1 atom stereocenters. The topological polar surface area (TPSA) is 83.0 Å². The van der Waals surface area contributed by atoms with Crippen LogP contribution in [0.2, 0.25) is 0 Å². The van der Waals surface area contributed by atoms with Crippen LogP contribution in [0.25, 0.3) is 0 Å². The lowest BCUT2D eigenvalue weighted by Crippen LogP contribution is -2.48. The van der Waals surface area contributed by atoms with Crippen LogP contribution in [-0.2, 0) is 14.3 Å². The Morgan fingerprint density at radius 2 is 2.00 bits per heavy atom. The van der Waals surface area contributed by atoms with E-state index >= 15 is 0 Å². The van der Waals surface area contributed by atoms with Crippen LogP contribution in [0.5, 0.6) is 0 Å². The van der Waals surface area contributed by atoms with E-state index < -0.39 is 0 Å². The molecule has 1 saturated carbocycles. The summed E-state index contributed by atoms with van der Waals surface area (Å²) < 4.78 is 5.16. The van der Waals surface area contributed by atoms with Gasteiger partial charge < -0.3 is 20.3 Å². The quantitative estimate of drug-likeness (QED) is 0.182. The van der Waals surface area contributed by atoms with Gasteiger partial charge in [-0.2, -0.15) is 0 Å². The molecule has 0 aromatic carbocycles. The molecule has 0 bridgehead atoms. The van der Waals surface area contributed by atoms with Gasteiger partial charge in [0.1, 0.15) is 0 Å². The number of rotatable bonds is 8. The molecule has 7 nitrogen and oxygen atoms in total. The summed E-state index contributed by atoms with van der Waals surface area (Å²) in [5.41, 5.74) is 0. The van der Waals surface area contributed by atoms with Crippen LogP contribution < -0.4 is 10.6 Å². The summed E-state index contributed by atoms with van der Waals surface area (Å²) in [5, 5.41) is 6.29. The van der Waals surface area contributed by atoms with E-state index in [1.807, 2.05) is 13.8 Å². The predicted molar refractivity (Wildman–Crippen MR) is 113 cm³/mol. The van der Waals surface area contributed by atoms with Gasteiger partial charge in [0.2, 0.25) is 5.91 Å². The van der Waals surface area contributed by atoms with Crippen LogP contribution >= 0.6 is 24.0 Å². The van der Waals surface area contributed by atoms with E-state index in [2.05, 4.69) is 20.5 Å². The first kappa shape index (κ1) is 23.0. The zero-order chi connectivity index (χ0) is 18.1. The molecule has 1 heterocycles. The van der Waals surface area contributed by atoms with E-state index in [4.69, 9.17) is 4.74 Å². The molecule has 26 heavy (non-hydrogen) atoms. The molecule has 1 amide bonds. The molecule has 2 aliphatic rings. The molecule has 150 valence electrons. The SMILES string of the molecule is CCNC(=NCCCC(=O)NC1CC1)N1CCCC(C(=O)OCC)C1.I. The van der Waals surface area contributed by atoms with Gasteiger partial charge in [-0.25, -0.2) is 0 Å². The Bertz CT molecular complexity index is 483. The van der Waals surface area contributed by atoms with E-state index in [1.54, 1.807) is 0 Å². The second-order valence-corrected chi connectivity index (χ2v) is 6.72. The molecule has 8 heteroatoms. The Kier molecular flexibility index (Phi) is 10.9. The average Bonchev–Trinajstić information content (AvgIpc) is 3.42. The second-order valence-electron chi connectivity index (χ2n) is 6.72. The molecule has 1 aliphatic carbocycles. The molecule has 0 spiro atoms. The lowest BCUT2D eigenvalue weighted by atomic mass is 9.98. The maximum atomic E-state index is 12.0. The molecule has 1 aliphatic heterocycles. The van der Waals surface area contributed by atoms with E-state index in [1.165, 1.54) is 0 Å². The van der Waals surface area contributed by atoms with Crippen molar-refractivity contribution in [3.8, 4) is 0 Å². The lowest BCUT2D eigenvalue weighted by molar-refractivity contribution is -0.149. The highest BCUT2D eigenvalue weighted by atomic mass is 127. The van der Waals surface area contributed by atoms with Crippen molar-refractivity contribution >= 4 is 41.8 Å². The molecule has 1 saturated heterocycles. The van der Waals surface area contributed by atoms with E-state index in [0.29, 0.717) is 32.2 Å². The third-order valence-corrected chi connectivity index (χ3v) is 4.44. The number of carbonyl (C=O) groups excluding carboxylic acids is 2. The summed E-state index contributed by atoms with van der Waals surface area (Å²) in [6.45, 7) is 7.22. The highest BCUT2D eigenvalue weighted by Crippen LogP contribution is 2.19. The number of hydrogen-bond donors (Lipinski definition) is 2. The summed E-state index contributed by atoms with van der Waals surface area (Å²) in [4.78, 5) is 30.5. The molecule has 0 aromatic heterocycles. The van der Waals surface area contributed by atoms with Gasteiger partial charge >= 0.3 is 5.97 Å². The fraction of sp³-hybridized carbons (Fsp3) is 0.833. The van der Waals surface area contributed by atoms with Crippen molar-refractivity contribution in [3.05, 3.63) is 0 Å². The molecule has 2 N–H and O–H groups in total. The van der Waals surface area contributed by atoms with Gasteiger partial charge in [0.15, 0.2) is 5.96 Å². The number of amides is 1. The second kappa shape index (κ2) is 12.3. The molecule has 0 aromatic rings. The first-order valence-corrected chi connectivity index (χ1v) is 9.63. The van der Waals surface area contributed by atoms with E-state index in [0.717, 1.165) is 51.2 Å². The Balaban J connectivity index is 0.00000338. The number of carbonyl (C=O) groups is 2. The number of esters is 1. The number of piperidine rings is 1. The van der Waals surface area contributed by atoms with Crippen LogP contribution in [0.1, 0.15) is 52.4 Å². The van der Waals surface area contributed by atoms with Crippen molar-refractivity contribution in [2.45, 2.75) is 58.4 Å². The van der Waals surface area contributed by atoms with Crippen LogP contribution in [0.15, 0.2) is 4.99 Å². The van der Waals surface area contributed by atoms with Crippen molar-refractivity contribution in [2.75, 3.05) is 32.8 Å². The number of hydrogen-bond acceptors (Lipinski definition) is 4. The molecule has 2 fully saturated rings. The highest BCUT2D eigenvalue weighted by molar-refractivity contribution is 14.0. The van der Waals surface area contributed by atoms with Crippen molar-refractivity contribution in [1.29, 1.82) is 0 Å². The summed E-state index contributed by atoms with van der Waals surface area (Å²) in [5.74, 6) is 0.767. The fourth-order valence-electron chi connectivity index (χ4n) is 3.00. The standard InChI is InChI=1S/C18H32N4O3.HI/c1-3-19-18(20-11-5-8-16(23)21-15-9-10-15)22-12-6-7-14(13-22)17(24)25-4-2;/h14-15H,3-13H2,1-2H3,(H,19,20)(H,21,23);1H. The van der Waals surface area contributed by atoms with Crippen molar-refractivity contribution in [2.24, 2.45) is 10.9 Å². The minimum absolute atomic E-state index is 0. The first-order chi connectivity index (χ1) is 12.1. The number of halogens is 1. The normalized spacial score (nSPS) is 20.2. The largest absolute Gasteiger partial charge is 0.466 e. The maximum Gasteiger partial charge on any atom is 0.310 e. The number of nitrogens with zero attached hydrogens (tertiary/aromatic N) is 2. The van der Waals surface area contributed by atoms with Crippen LogP contribution in [0.4, 0.5) is 0 Å². The number of aliphatic imine (C=N–C) groups is 1. The Labute approximate surface area is 173 Å². The van der Waals surface area contributed by atoms with E-state index in [-0.39, 0.29) is 41.8 Å². The minimum atomic E-state index is -0.111. The number of likely N-dealkylation sites (tertiary alicyclic amines) is 1. The molecular weight excluding hydrogens is 447 g/mol. The van der Waals surface area contributed by atoms with Crippen LogP contribution in [0, 0.1) is 5.92 Å². The average molecular weight is 480 g/mol. The Hall–Kier alpha value is -1.06. The molecule has 1 unspecified atom stereocenters. The number of guanidine groups is 1. The van der Waals surface area contributed by atoms with Gasteiger partial charge in [0, 0.05) is 38.6 Å². The predicted octanol–water partition coefficient (Wildman–Crippen LogP) is 1.90. The third kappa shape index (κ3) is 8.09. The monoisotopic (exact) mass is 480 g/mol. The van der Waals surface area contributed by atoms with Gasteiger partial charge in [-0.1, -0.05) is 0 Å². The van der Waals surface area contributed by atoms with Crippen LogP contribution in [-0.4, -0.2) is 61.6 Å². The highest BCUT2D eigenvalue weighted by Gasteiger charge is 2.28. The van der Waals surface area contributed by atoms with Crippen molar-refractivity contribution in [3.63, 3.8) is 0 Å². The fourth-order valence-corrected chi connectivity index (χ4v) is 3.00. The minimum Gasteiger partial charge on any atom is -0.466 e. The van der Waals surface area contributed by atoms with Crippen molar-refractivity contribution < 1.29 is 14.3 Å². The van der Waals surface area contributed by atoms with Gasteiger partial charge in [-0.05, 0) is 46.0 Å². The summed E-state index contributed by atoms with van der Waals surface area (Å²) in [6, 6.07) is 0.418. The van der Waals surface area contributed by atoms with E-state index in [9.17, 15) is 9.59 Å².